The van der Waals surface area contributed by atoms with Crippen LogP contribution in [0.4, 0.5) is 4.39 Å². The lowest BCUT2D eigenvalue weighted by atomic mass is 9.89. The number of halogens is 1. The standard InChI is InChI=1S/C14H17FN2OS/c1-14(2,3)13-12(19-17-16-13)11(18)8-9-6-4-5-7-10(9)15/h4-7,11,18H,8H2,1-3H3. The minimum absolute atomic E-state index is 0.182. The molecule has 1 unspecified atom stereocenters. The molecule has 0 saturated heterocycles. The van der Waals surface area contributed by atoms with E-state index in [0.717, 1.165) is 10.6 Å². The molecule has 1 heterocycles. The molecule has 1 N–H and O–H groups in total. The van der Waals surface area contributed by atoms with E-state index >= 15 is 0 Å². The van der Waals surface area contributed by atoms with Crippen molar-refractivity contribution in [3.63, 3.8) is 0 Å². The quantitative estimate of drug-likeness (QED) is 0.938. The van der Waals surface area contributed by atoms with Crippen LogP contribution in [0.5, 0.6) is 0 Å². The fraction of sp³-hybridized carbons (Fsp3) is 0.429. The van der Waals surface area contributed by atoms with Crippen LogP contribution in [0.25, 0.3) is 0 Å². The van der Waals surface area contributed by atoms with Gasteiger partial charge in [-0.05, 0) is 23.2 Å². The lowest BCUT2D eigenvalue weighted by Gasteiger charge is -2.19. The maximum Gasteiger partial charge on any atom is 0.126 e. The van der Waals surface area contributed by atoms with Gasteiger partial charge in [-0.2, -0.15) is 0 Å². The summed E-state index contributed by atoms with van der Waals surface area (Å²) in [7, 11) is 0. The van der Waals surface area contributed by atoms with Crippen molar-refractivity contribution in [2.45, 2.75) is 38.7 Å². The van der Waals surface area contributed by atoms with Gasteiger partial charge in [0, 0.05) is 11.8 Å². The predicted molar refractivity (Wildman–Crippen MR) is 73.7 cm³/mol. The number of rotatable bonds is 3. The van der Waals surface area contributed by atoms with Crippen molar-refractivity contribution in [3.05, 3.63) is 46.2 Å². The third-order valence-electron chi connectivity index (χ3n) is 2.90. The normalized spacial score (nSPS) is 13.5. The highest BCUT2D eigenvalue weighted by Gasteiger charge is 2.26. The summed E-state index contributed by atoms with van der Waals surface area (Å²) in [6.07, 6.45) is -0.536. The molecule has 0 radical (unpaired) electrons. The highest BCUT2D eigenvalue weighted by atomic mass is 32.1. The smallest absolute Gasteiger partial charge is 0.126 e. The van der Waals surface area contributed by atoms with E-state index in [1.165, 1.54) is 17.6 Å². The van der Waals surface area contributed by atoms with Gasteiger partial charge in [0.1, 0.15) is 5.82 Å². The number of aliphatic hydroxyl groups excluding tert-OH is 1. The van der Waals surface area contributed by atoms with Crippen LogP contribution in [0.3, 0.4) is 0 Å². The van der Waals surface area contributed by atoms with Gasteiger partial charge in [0.05, 0.1) is 16.7 Å². The van der Waals surface area contributed by atoms with Crippen LogP contribution in [-0.2, 0) is 11.8 Å². The van der Waals surface area contributed by atoms with Crippen LogP contribution in [0.2, 0.25) is 0 Å². The Bertz CT molecular complexity index is 563. The fourth-order valence-corrected chi connectivity index (χ4v) is 2.75. The zero-order valence-electron chi connectivity index (χ0n) is 11.2. The number of aromatic nitrogens is 2. The van der Waals surface area contributed by atoms with Gasteiger partial charge in [0.15, 0.2) is 0 Å². The fourth-order valence-electron chi connectivity index (χ4n) is 1.90. The minimum Gasteiger partial charge on any atom is -0.387 e. The van der Waals surface area contributed by atoms with Crippen LogP contribution in [-0.4, -0.2) is 14.7 Å². The first-order valence-corrected chi connectivity index (χ1v) is 6.91. The van der Waals surface area contributed by atoms with Crippen molar-refractivity contribution >= 4 is 11.5 Å². The van der Waals surface area contributed by atoms with E-state index in [2.05, 4.69) is 9.59 Å². The predicted octanol–water partition coefficient (Wildman–Crippen LogP) is 3.25. The molecule has 1 atom stereocenters. The Morgan fingerprint density at radius 3 is 2.63 bits per heavy atom. The molecule has 102 valence electrons. The number of benzene rings is 1. The first kappa shape index (κ1) is 14.1. The molecule has 19 heavy (non-hydrogen) atoms. The molecule has 1 aromatic heterocycles. The van der Waals surface area contributed by atoms with E-state index in [9.17, 15) is 9.50 Å². The largest absolute Gasteiger partial charge is 0.387 e. The summed E-state index contributed by atoms with van der Waals surface area (Å²) in [5, 5.41) is 14.4. The monoisotopic (exact) mass is 280 g/mol. The Balaban J connectivity index is 2.24. The van der Waals surface area contributed by atoms with E-state index < -0.39 is 6.10 Å². The molecule has 3 nitrogen and oxygen atoms in total. The van der Waals surface area contributed by atoms with Gasteiger partial charge in [-0.1, -0.05) is 43.5 Å². The molecule has 2 rings (SSSR count). The minimum atomic E-state index is -0.772. The average Bonchev–Trinajstić information content (AvgIpc) is 2.81. The SMILES string of the molecule is CC(C)(C)c1nnsc1C(O)Cc1ccccc1F. The molecule has 0 fully saturated rings. The third kappa shape index (κ3) is 3.16. The summed E-state index contributed by atoms with van der Waals surface area (Å²) in [6.45, 7) is 6.05. The second-order valence-electron chi connectivity index (χ2n) is 5.55. The van der Waals surface area contributed by atoms with E-state index in [-0.39, 0.29) is 17.7 Å². The van der Waals surface area contributed by atoms with Crippen molar-refractivity contribution in [3.8, 4) is 0 Å². The Labute approximate surface area is 116 Å². The highest BCUT2D eigenvalue weighted by Crippen LogP contribution is 2.32. The average molecular weight is 280 g/mol. The molecule has 0 aliphatic heterocycles. The molecule has 0 saturated carbocycles. The number of aliphatic hydroxyl groups is 1. The van der Waals surface area contributed by atoms with Crippen LogP contribution in [0, 0.1) is 5.82 Å². The first-order chi connectivity index (χ1) is 8.89. The molecule has 1 aromatic carbocycles. The molecule has 5 heteroatoms. The van der Waals surface area contributed by atoms with Gasteiger partial charge in [-0.3, -0.25) is 0 Å². The van der Waals surface area contributed by atoms with Crippen LogP contribution < -0.4 is 0 Å². The van der Waals surface area contributed by atoms with Crippen LogP contribution >= 0.6 is 11.5 Å². The van der Waals surface area contributed by atoms with Crippen molar-refractivity contribution in [1.82, 2.24) is 9.59 Å². The summed E-state index contributed by atoms with van der Waals surface area (Å²) < 4.78 is 17.5. The molecule has 0 spiro atoms. The van der Waals surface area contributed by atoms with E-state index in [1.807, 2.05) is 20.8 Å². The van der Waals surface area contributed by atoms with Crippen molar-refractivity contribution in [2.24, 2.45) is 0 Å². The van der Waals surface area contributed by atoms with Gasteiger partial charge in [0.2, 0.25) is 0 Å². The lowest BCUT2D eigenvalue weighted by Crippen LogP contribution is -2.16. The summed E-state index contributed by atoms with van der Waals surface area (Å²) in [6, 6.07) is 6.49. The maximum atomic E-state index is 13.6. The molecule has 0 aliphatic carbocycles. The lowest BCUT2D eigenvalue weighted by molar-refractivity contribution is 0.178. The maximum absolute atomic E-state index is 13.6. The molecule has 0 bridgehead atoms. The number of nitrogens with zero attached hydrogens (tertiary/aromatic N) is 2. The van der Waals surface area contributed by atoms with E-state index in [1.54, 1.807) is 18.2 Å². The van der Waals surface area contributed by atoms with E-state index in [0.29, 0.717) is 5.56 Å². The summed E-state index contributed by atoms with van der Waals surface area (Å²) in [4.78, 5) is 0.718. The highest BCUT2D eigenvalue weighted by molar-refractivity contribution is 7.05. The van der Waals surface area contributed by atoms with Gasteiger partial charge >= 0.3 is 0 Å². The van der Waals surface area contributed by atoms with E-state index in [4.69, 9.17) is 0 Å². The van der Waals surface area contributed by atoms with Gasteiger partial charge in [0.25, 0.3) is 0 Å². The summed E-state index contributed by atoms with van der Waals surface area (Å²) in [5.41, 5.74) is 1.10. The Morgan fingerprint density at radius 2 is 2.00 bits per heavy atom. The Kier molecular flexibility index (Phi) is 3.96. The third-order valence-corrected chi connectivity index (χ3v) is 3.72. The van der Waals surface area contributed by atoms with Crippen LogP contribution in [0.15, 0.2) is 24.3 Å². The molecule has 2 aromatic rings. The molecule has 0 amide bonds. The summed E-state index contributed by atoms with van der Waals surface area (Å²) >= 11 is 1.18. The molecular formula is C14H17FN2OS. The van der Waals surface area contributed by atoms with Gasteiger partial charge in [-0.25, -0.2) is 4.39 Å². The first-order valence-electron chi connectivity index (χ1n) is 6.14. The Morgan fingerprint density at radius 1 is 1.32 bits per heavy atom. The molecular weight excluding hydrogens is 263 g/mol. The summed E-state index contributed by atoms with van der Waals surface area (Å²) in [5.74, 6) is -0.295. The second-order valence-corrected chi connectivity index (χ2v) is 6.33. The number of hydrogen-bond donors (Lipinski definition) is 1. The van der Waals surface area contributed by atoms with Gasteiger partial charge in [-0.15, -0.1) is 5.10 Å². The van der Waals surface area contributed by atoms with Crippen molar-refractivity contribution in [1.29, 1.82) is 0 Å². The number of hydrogen-bond acceptors (Lipinski definition) is 4. The van der Waals surface area contributed by atoms with Crippen LogP contribution in [0.1, 0.15) is 43.0 Å². The zero-order valence-corrected chi connectivity index (χ0v) is 12.0. The topological polar surface area (TPSA) is 46.0 Å². The molecule has 0 aliphatic rings. The van der Waals surface area contributed by atoms with Crippen molar-refractivity contribution < 1.29 is 9.50 Å². The Hall–Kier alpha value is -1.33. The second kappa shape index (κ2) is 5.35. The van der Waals surface area contributed by atoms with Gasteiger partial charge < -0.3 is 5.11 Å². The van der Waals surface area contributed by atoms with Crippen molar-refractivity contribution in [2.75, 3.05) is 0 Å². The zero-order chi connectivity index (χ0) is 14.0.